The third kappa shape index (κ3) is 2.15. The minimum Gasteiger partial charge on any atom is -0.373 e. The number of carbonyl (C=O) groups excluding carboxylic acids is 2. The first kappa shape index (κ1) is 15.0. The predicted molar refractivity (Wildman–Crippen MR) is 87.9 cm³/mol. The number of carbonyl (C=O) groups is 2. The largest absolute Gasteiger partial charge is 0.373 e. The molecule has 0 spiro atoms. The van der Waals surface area contributed by atoms with Gasteiger partial charge in [-0.3, -0.25) is 9.59 Å². The number of aromatic nitrogens is 3. The second-order valence-electron chi connectivity index (χ2n) is 6.69. The van der Waals surface area contributed by atoms with Crippen LogP contribution in [-0.2, 0) is 20.9 Å². The molecular weight excluding hydrogens is 344 g/mol. The second-order valence-corrected chi connectivity index (χ2v) is 7.09. The molecule has 2 aromatic rings. The Morgan fingerprint density at radius 3 is 2.48 bits per heavy atom. The van der Waals surface area contributed by atoms with E-state index in [1.165, 1.54) is 6.33 Å². The molecule has 3 aliphatic rings. The van der Waals surface area contributed by atoms with Crippen LogP contribution in [0.15, 0.2) is 30.6 Å². The van der Waals surface area contributed by atoms with Gasteiger partial charge in [0.25, 0.3) is 5.95 Å². The highest BCUT2D eigenvalue weighted by atomic mass is 35.5. The van der Waals surface area contributed by atoms with Crippen LogP contribution in [0.5, 0.6) is 0 Å². The SMILES string of the molecule is O=C1[C@@H]2[C@@H](C(=O)N1c1ncn(Cc3ccccc3Cl)n1)[C@H]1CC[C@@H]2O1. The first-order chi connectivity index (χ1) is 12.1. The summed E-state index contributed by atoms with van der Waals surface area (Å²) in [5.41, 5.74) is 0.892. The van der Waals surface area contributed by atoms with Crippen LogP contribution in [0.3, 0.4) is 0 Å². The van der Waals surface area contributed by atoms with E-state index in [4.69, 9.17) is 16.3 Å². The average molecular weight is 359 g/mol. The molecule has 1 aromatic heterocycles. The van der Waals surface area contributed by atoms with E-state index in [0.29, 0.717) is 11.6 Å². The summed E-state index contributed by atoms with van der Waals surface area (Å²) in [5, 5.41) is 4.95. The van der Waals surface area contributed by atoms with Crippen LogP contribution in [0.4, 0.5) is 5.95 Å². The van der Waals surface area contributed by atoms with E-state index in [-0.39, 0.29) is 41.8 Å². The van der Waals surface area contributed by atoms with E-state index < -0.39 is 0 Å². The van der Waals surface area contributed by atoms with Crippen molar-refractivity contribution in [2.45, 2.75) is 31.6 Å². The van der Waals surface area contributed by atoms with Gasteiger partial charge in [-0.25, -0.2) is 9.58 Å². The van der Waals surface area contributed by atoms with E-state index in [2.05, 4.69) is 10.1 Å². The molecule has 4 heterocycles. The smallest absolute Gasteiger partial charge is 0.258 e. The number of halogens is 1. The molecule has 3 saturated heterocycles. The average Bonchev–Trinajstić information content (AvgIpc) is 3.35. The van der Waals surface area contributed by atoms with E-state index in [1.54, 1.807) is 10.7 Å². The van der Waals surface area contributed by atoms with E-state index in [9.17, 15) is 9.59 Å². The first-order valence-corrected chi connectivity index (χ1v) is 8.67. The number of hydrogen-bond donors (Lipinski definition) is 0. The summed E-state index contributed by atoms with van der Waals surface area (Å²) >= 11 is 6.16. The van der Waals surface area contributed by atoms with Crippen molar-refractivity contribution in [3.05, 3.63) is 41.2 Å². The van der Waals surface area contributed by atoms with Gasteiger partial charge >= 0.3 is 0 Å². The highest BCUT2D eigenvalue weighted by Crippen LogP contribution is 2.48. The zero-order valence-corrected chi connectivity index (χ0v) is 14.0. The van der Waals surface area contributed by atoms with Crippen LogP contribution < -0.4 is 4.90 Å². The van der Waals surface area contributed by atoms with Gasteiger partial charge in [0.05, 0.1) is 30.6 Å². The molecule has 25 heavy (non-hydrogen) atoms. The van der Waals surface area contributed by atoms with Gasteiger partial charge in [-0.15, -0.1) is 5.10 Å². The molecule has 2 amide bonds. The summed E-state index contributed by atoms with van der Waals surface area (Å²) in [6.45, 7) is 0.421. The number of anilines is 1. The summed E-state index contributed by atoms with van der Waals surface area (Å²) in [6.07, 6.45) is 2.92. The highest BCUT2D eigenvalue weighted by Gasteiger charge is 2.63. The number of imide groups is 1. The van der Waals surface area contributed by atoms with Gasteiger partial charge in [-0.1, -0.05) is 29.8 Å². The molecule has 128 valence electrons. The van der Waals surface area contributed by atoms with Crippen LogP contribution in [0, 0.1) is 11.8 Å². The fourth-order valence-electron chi connectivity index (χ4n) is 4.17. The zero-order valence-electron chi connectivity index (χ0n) is 13.2. The Morgan fingerprint density at radius 1 is 1.12 bits per heavy atom. The highest BCUT2D eigenvalue weighted by molar-refractivity contribution is 6.31. The van der Waals surface area contributed by atoms with Gasteiger partial charge in [0.2, 0.25) is 11.8 Å². The monoisotopic (exact) mass is 358 g/mol. The van der Waals surface area contributed by atoms with Crippen LogP contribution in [0.25, 0.3) is 0 Å². The minimum absolute atomic E-state index is 0.135. The lowest BCUT2D eigenvalue weighted by molar-refractivity contribution is -0.124. The zero-order chi connectivity index (χ0) is 17.1. The summed E-state index contributed by atoms with van der Waals surface area (Å²) in [6, 6.07) is 7.45. The van der Waals surface area contributed by atoms with E-state index in [1.807, 2.05) is 18.2 Å². The second kappa shape index (κ2) is 5.37. The van der Waals surface area contributed by atoms with Crippen molar-refractivity contribution < 1.29 is 14.3 Å². The van der Waals surface area contributed by atoms with Crippen molar-refractivity contribution >= 4 is 29.4 Å². The molecule has 0 N–H and O–H groups in total. The van der Waals surface area contributed by atoms with Crippen molar-refractivity contribution in [2.24, 2.45) is 11.8 Å². The maximum absolute atomic E-state index is 12.7. The number of hydrogen-bond acceptors (Lipinski definition) is 5. The topological polar surface area (TPSA) is 77.3 Å². The van der Waals surface area contributed by atoms with Crippen LogP contribution in [0.1, 0.15) is 18.4 Å². The Labute approximate surface area is 148 Å². The number of fused-ring (bicyclic) bond motifs is 5. The predicted octanol–water partition coefficient (Wildman–Crippen LogP) is 1.65. The van der Waals surface area contributed by atoms with Crippen LogP contribution in [-0.4, -0.2) is 38.8 Å². The molecular formula is C17H15ClN4O3. The first-order valence-electron chi connectivity index (χ1n) is 8.29. The van der Waals surface area contributed by atoms with Gasteiger partial charge in [-0.2, -0.15) is 4.98 Å². The molecule has 8 heteroatoms. The standard InChI is InChI=1S/C17H15ClN4O3/c18-10-4-2-1-3-9(10)7-21-8-19-17(20-21)22-15(23)13-11-5-6-12(25-11)14(13)16(22)24/h1-4,8,11-14H,5-7H2/t11-,12+,13-,14-/m0/s1. The van der Waals surface area contributed by atoms with Crippen molar-refractivity contribution in [1.82, 2.24) is 14.8 Å². The minimum atomic E-state index is -0.373. The van der Waals surface area contributed by atoms with Crippen LogP contribution in [0.2, 0.25) is 5.02 Å². The van der Waals surface area contributed by atoms with Gasteiger partial charge in [0.15, 0.2) is 0 Å². The Hall–Kier alpha value is -2.25. The number of ether oxygens (including phenoxy) is 1. The van der Waals surface area contributed by atoms with Crippen molar-refractivity contribution in [3.8, 4) is 0 Å². The number of benzene rings is 1. The maximum atomic E-state index is 12.7. The number of nitrogens with zero attached hydrogens (tertiary/aromatic N) is 4. The third-order valence-electron chi connectivity index (χ3n) is 5.30. The quantitative estimate of drug-likeness (QED) is 0.780. The lowest BCUT2D eigenvalue weighted by Crippen LogP contribution is -2.35. The summed E-state index contributed by atoms with van der Waals surface area (Å²) in [4.78, 5) is 30.8. The lowest BCUT2D eigenvalue weighted by Gasteiger charge is -2.14. The van der Waals surface area contributed by atoms with Crippen molar-refractivity contribution in [3.63, 3.8) is 0 Å². The number of amides is 2. The molecule has 4 atom stereocenters. The van der Waals surface area contributed by atoms with E-state index >= 15 is 0 Å². The molecule has 0 unspecified atom stereocenters. The Kier molecular flexibility index (Phi) is 3.23. The van der Waals surface area contributed by atoms with Crippen molar-refractivity contribution in [1.29, 1.82) is 0 Å². The lowest BCUT2D eigenvalue weighted by atomic mass is 9.81. The Bertz CT molecular complexity index is 854. The molecule has 2 bridgehead atoms. The summed E-state index contributed by atoms with van der Waals surface area (Å²) in [5.74, 6) is -1.09. The fourth-order valence-corrected chi connectivity index (χ4v) is 4.37. The number of rotatable bonds is 3. The van der Waals surface area contributed by atoms with Gasteiger partial charge < -0.3 is 4.74 Å². The van der Waals surface area contributed by atoms with Crippen LogP contribution >= 0.6 is 11.6 Å². The molecule has 3 aliphatic heterocycles. The molecule has 7 nitrogen and oxygen atoms in total. The molecule has 0 radical (unpaired) electrons. The van der Waals surface area contributed by atoms with Gasteiger partial charge in [0.1, 0.15) is 6.33 Å². The maximum Gasteiger partial charge on any atom is 0.258 e. The molecule has 1 aromatic carbocycles. The molecule has 0 saturated carbocycles. The van der Waals surface area contributed by atoms with Crippen molar-refractivity contribution in [2.75, 3.05) is 4.90 Å². The Morgan fingerprint density at radius 2 is 1.80 bits per heavy atom. The summed E-state index contributed by atoms with van der Waals surface area (Å²) < 4.78 is 7.31. The molecule has 3 fully saturated rings. The normalized spacial score (nSPS) is 30.4. The van der Waals surface area contributed by atoms with E-state index in [0.717, 1.165) is 23.3 Å². The van der Waals surface area contributed by atoms with Gasteiger partial charge in [-0.05, 0) is 24.5 Å². The molecule has 5 rings (SSSR count). The third-order valence-corrected chi connectivity index (χ3v) is 5.67. The molecule has 0 aliphatic carbocycles. The Balaban J connectivity index is 1.41. The summed E-state index contributed by atoms with van der Waals surface area (Å²) in [7, 11) is 0. The fraction of sp³-hybridized carbons (Fsp3) is 0.412. The van der Waals surface area contributed by atoms with Gasteiger partial charge in [0, 0.05) is 5.02 Å².